The molecule has 3 aromatic rings. The van der Waals surface area contributed by atoms with E-state index < -0.39 is 0 Å². The molecule has 7 nitrogen and oxygen atoms in total. The lowest BCUT2D eigenvalue weighted by atomic mass is 9.80. The molecule has 0 unspecified atom stereocenters. The van der Waals surface area contributed by atoms with Gasteiger partial charge >= 0.3 is 6.03 Å². The van der Waals surface area contributed by atoms with Crippen molar-refractivity contribution >= 4 is 29.5 Å². The number of benzene rings is 2. The maximum Gasteiger partial charge on any atom is 0.322 e. The first-order valence-corrected chi connectivity index (χ1v) is 14.4. The quantitative estimate of drug-likeness (QED) is 0.431. The minimum atomic E-state index is -0.0345. The van der Waals surface area contributed by atoms with E-state index in [-0.39, 0.29) is 11.4 Å². The summed E-state index contributed by atoms with van der Waals surface area (Å²) in [5.74, 6) is 1.02. The summed E-state index contributed by atoms with van der Waals surface area (Å²) in [6.07, 6.45) is 4.66. The number of aryl methyl sites for hydroxylation is 1. The molecule has 198 valence electrons. The van der Waals surface area contributed by atoms with E-state index in [0.717, 1.165) is 78.9 Å². The van der Waals surface area contributed by atoms with E-state index in [9.17, 15) is 4.79 Å². The number of nitrogens with two attached hydrogens (primary N) is 1. The number of carbonyl (C=O) groups excluding carboxylic acids is 1. The van der Waals surface area contributed by atoms with Gasteiger partial charge in [0.2, 0.25) is 0 Å². The van der Waals surface area contributed by atoms with Gasteiger partial charge in [0, 0.05) is 53.4 Å². The van der Waals surface area contributed by atoms with Gasteiger partial charge in [0.05, 0.1) is 13.2 Å². The standard InChI is InChI=1S/C30H35N5O2S/c1-21-25(9-11-28(33-21)34-14-16-37-17-15-34)23-6-10-27-26(18-23)30(12-2-3-13-30)20-35(27)29(36)32-19-22-4-7-24(38-31)8-5-22/h4-11,18H,2-3,12-17,19-20,31H2,1H3,(H,32,36). The van der Waals surface area contributed by atoms with E-state index in [1.54, 1.807) is 0 Å². The molecule has 2 amide bonds. The minimum Gasteiger partial charge on any atom is -0.378 e. The minimum absolute atomic E-state index is 0.0345. The van der Waals surface area contributed by atoms with Crippen LogP contribution < -0.4 is 20.3 Å². The number of morpholine rings is 1. The molecule has 2 aromatic carbocycles. The molecule has 38 heavy (non-hydrogen) atoms. The zero-order valence-corrected chi connectivity index (χ0v) is 22.7. The largest absolute Gasteiger partial charge is 0.378 e. The van der Waals surface area contributed by atoms with Crippen molar-refractivity contribution in [2.24, 2.45) is 5.14 Å². The van der Waals surface area contributed by atoms with Gasteiger partial charge in [-0.05, 0) is 84.8 Å². The van der Waals surface area contributed by atoms with Crippen LogP contribution in [0.4, 0.5) is 16.3 Å². The van der Waals surface area contributed by atoms with Gasteiger partial charge in [-0.2, -0.15) is 0 Å². The van der Waals surface area contributed by atoms with Crippen molar-refractivity contribution < 1.29 is 9.53 Å². The molecule has 0 bridgehead atoms. The van der Waals surface area contributed by atoms with Crippen LogP contribution >= 0.6 is 11.9 Å². The number of amides is 2. The van der Waals surface area contributed by atoms with E-state index in [2.05, 4.69) is 47.5 Å². The summed E-state index contributed by atoms with van der Waals surface area (Å²) in [5, 5.41) is 8.77. The highest BCUT2D eigenvalue weighted by Gasteiger charge is 2.46. The molecule has 0 atom stereocenters. The van der Waals surface area contributed by atoms with Crippen LogP contribution in [0.3, 0.4) is 0 Å². The molecule has 8 heteroatoms. The Hall–Kier alpha value is -3.07. The second-order valence-corrected chi connectivity index (χ2v) is 11.3. The number of hydrogen-bond donors (Lipinski definition) is 2. The van der Waals surface area contributed by atoms with Crippen LogP contribution in [0.5, 0.6) is 0 Å². The second-order valence-electron chi connectivity index (χ2n) is 10.6. The average Bonchev–Trinajstić information content (AvgIpc) is 3.57. The number of nitrogens with zero attached hydrogens (tertiary/aromatic N) is 3. The molecular weight excluding hydrogens is 494 g/mol. The molecule has 2 aliphatic heterocycles. The molecule has 3 heterocycles. The summed E-state index contributed by atoms with van der Waals surface area (Å²) < 4.78 is 5.50. The zero-order chi connectivity index (χ0) is 26.1. The van der Waals surface area contributed by atoms with E-state index >= 15 is 0 Å². The van der Waals surface area contributed by atoms with Crippen molar-refractivity contribution in [3.8, 4) is 11.1 Å². The van der Waals surface area contributed by atoms with Crippen molar-refractivity contribution in [3.05, 3.63) is 71.4 Å². The fourth-order valence-corrected chi connectivity index (χ4v) is 6.57. The number of fused-ring (bicyclic) bond motifs is 2. The smallest absolute Gasteiger partial charge is 0.322 e. The number of rotatable bonds is 5. The number of carbonyl (C=O) groups is 1. The molecule has 6 rings (SSSR count). The summed E-state index contributed by atoms with van der Waals surface area (Å²) >= 11 is 1.23. The number of pyridine rings is 1. The third kappa shape index (κ3) is 4.77. The van der Waals surface area contributed by atoms with Crippen LogP contribution in [0.25, 0.3) is 11.1 Å². The van der Waals surface area contributed by atoms with Crippen molar-refractivity contribution in [3.63, 3.8) is 0 Å². The lowest BCUT2D eigenvalue weighted by molar-refractivity contribution is 0.122. The van der Waals surface area contributed by atoms with Gasteiger partial charge in [0.15, 0.2) is 0 Å². The highest BCUT2D eigenvalue weighted by Crippen LogP contribution is 2.51. The Kier molecular flexibility index (Phi) is 7.03. The Morgan fingerprint density at radius 2 is 1.84 bits per heavy atom. The number of hydrogen-bond acceptors (Lipinski definition) is 6. The Balaban J connectivity index is 1.25. The van der Waals surface area contributed by atoms with Crippen LogP contribution in [0, 0.1) is 6.92 Å². The molecule has 1 aromatic heterocycles. The van der Waals surface area contributed by atoms with Gasteiger partial charge in [-0.1, -0.05) is 31.0 Å². The Bertz CT molecular complexity index is 1320. The van der Waals surface area contributed by atoms with Crippen LogP contribution in [-0.4, -0.2) is 43.9 Å². The number of urea groups is 1. The third-order valence-corrected chi connectivity index (χ3v) is 8.89. The van der Waals surface area contributed by atoms with Crippen molar-refractivity contribution in [1.82, 2.24) is 10.3 Å². The van der Waals surface area contributed by atoms with Crippen LogP contribution in [0.1, 0.15) is 42.5 Å². The van der Waals surface area contributed by atoms with Crippen molar-refractivity contribution in [1.29, 1.82) is 0 Å². The molecule has 3 aliphatic rings. The zero-order valence-electron chi connectivity index (χ0n) is 21.9. The first-order valence-electron chi connectivity index (χ1n) is 13.5. The van der Waals surface area contributed by atoms with E-state index in [4.69, 9.17) is 14.9 Å². The molecule has 1 saturated carbocycles. The Morgan fingerprint density at radius 1 is 1.08 bits per heavy atom. The predicted octanol–water partition coefficient (Wildman–Crippen LogP) is 5.40. The van der Waals surface area contributed by atoms with E-state index in [1.165, 1.54) is 35.9 Å². The maximum atomic E-state index is 13.4. The fourth-order valence-electron chi connectivity index (χ4n) is 6.28. The van der Waals surface area contributed by atoms with Gasteiger partial charge in [-0.15, -0.1) is 0 Å². The summed E-state index contributed by atoms with van der Waals surface area (Å²) in [4.78, 5) is 23.6. The lowest BCUT2D eigenvalue weighted by Crippen LogP contribution is -2.41. The summed E-state index contributed by atoms with van der Waals surface area (Å²) in [5.41, 5.74) is 6.81. The van der Waals surface area contributed by atoms with Crippen LogP contribution in [-0.2, 0) is 16.7 Å². The number of ether oxygens (including phenoxy) is 1. The summed E-state index contributed by atoms with van der Waals surface area (Å²) in [7, 11) is 0. The fraction of sp³-hybridized carbons (Fsp3) is 0.400. The topological polar surface area (TPSA) is 83.7 Å². The Morgan fingerprint density at radius 3 is 2.55 bits per heavy atom. The first-order chi connectivity index (χ1) is 18.6. The summed E-state index contributed by atoms with van der Waals surface area (Å²) in [6, 6.07) is 18.9. The monoisotopic (exact) mass is 529 g/mol. The van der Waals surface area contributed by atoms with Crippen LogP contribution in [0.2, 0.25) is 0 Å². The first kappa shape index (κ1) is 25.2. The molecule has 0 radical (unpaired) electrons. The number of nitrogens with one attached hydrogen (secondary N) is 1. The summed E-state index contributed by atoms with van der Waals surface area (Å²) in [6.45, 7) is 6.58. The SMILES string of the molecule is Cc1nc(N2CCOCC2)ccc1-c1ccc2c(c1)C1(CCCC1)CN2C(=O)NCc1ccc(SN)cc1. The highest BCUT2D eigenvalue weighted by molar-refractivity contribution is 7.97. The number of anilines is 2. The van der Waals surface area contributed by atoms with Crippen molar-refractivity contribution in [2.75, 3.05) is 42.6 Å². The van der Waals surface area contributed by atoms with Gasteiger partial charge in [-0.25, -0.2) is 9.78 Å². The van der Waals surface area contributed by atoms with Crippen LogP contribution in [0.15, 0.2) is 59.5 Å². The molecule has 1 aliphatic carbocycles. The molecule has 2 fully saturated rings. The van der Waals surface area contributed by atoms with Gasteiger partial charge in [0.1, 0.15) is 5.82 Å². The predicted molar refractivity (Wildman–Crippen MR) is 154 cm³/mol. The second kappa shape index (κ2) is 10.6. The van der Waals surface area contributed by atoms with Crippen molar-refractivity contribution in [2.45, 2.75) is 49.5 Å². The van der Waals surface area contributed by atoms with Gasteiger partial charge in [-0.3, -0.25) is 10.0 Å². The molecular formula is C30H35N5O2S. The number of aromatic nitrogens is 1. The third-order valence-electron chi connectivity index (χ3n) is 8.35. The molecule has 1 spiro atoms. The Labute approximate surface area is 228 Å². The van der Waals surface area contributed by atoms with Gasteiger partial charge < -0.3 is 15.0 Å². The molecule has 1 saturated heterocycles. The highest BCUT2D eigenvalue weighted by atomic mass is 32.2. The normalized spacial score (nSPS) is 18.2. The molecule has 3 N–H and O–H groups in total. The van der Waals surface area contributed by atoms with E-state index in [0.29, 0.717) is 6.54 Å². The van der Waals surface area contributed by atoms with E-state index in [1.807, 2.05) is 29.2 Å². The maximum absolute atomic E-state index is 13.4. The van der Waals surface area contributed by atoms with Gasteiger partial charge in [0.25, 0.3) is 0 Å². The average molecular weight is 530 g/mol. The lowest BCUT2D eigenvalue weighted by Gasteiger charge is -2.28.